The minimum Gasteiger partial charge on any atom is -0.351 e. The van der Waals surface area contributed by atoms with Crippen molar-refractivity contribution in [1.82, 2.24) is 15.2 Å². The summed E-state index contributed by atoms with van der Waals surface area (Å²) in [4.78, 5) is 31.2. The van der Waals surface area contributed by atoms with Gasteiger partial charge in [-0.05, 0) is 36.4 Å². The van der Waals surface area contributed by atoms with E-state index in [2.05, 4.69) is 11.4 Å². The normalized spacial score (nSPS) is 17.2. The molecule has 1 aliphatic heterocycles. The lowest BCUT2D eigenvalue weighted by atomic mass is 9.98. The standard InChI is InChI=1S/C20H21N3O2S2/c24-18(7-9-21-19(25)15-8-11-26-13-15)23-10-3-4-14(12-23)20-22-16-5-1-2-6-17(16)27-20/h1-2,5-6,8,11,13-14H,3-4,7,9-10,12H2,(H,21,25)/t14-/m1/s1. The lowest BCUT2D eigenvalue weighted by Crippen LogP contribution is -2.40. The Bertz CT molecular complexity index is 903. The molecule has 0 radical (unpaired) electrons. The Labute approximate surface area is 166 Å². The summed E-state index contributed by atoms with van der Waals surface area (Å²) in [7, 11) is 0. The summed E-state index contributed by atoms with van der Waals surface area (Å²) in [5, 5.41) is 7.63. The fourth-order valence-corrected chi connectivity index (χ4v) is 5.14. The Morgan fingerprint density at radius 3 is 2.96 bits per heavy atom. The number of fused-ring (bicyclic) bond motifs is 1. The van der Waals surface area contributed by atoms with Crippen LogP contribution in [-0.2, 0) is 4.79 Å². The molecule has 140 valence electrons. The van der Waals surface area contributed by atoms with Gasteiger partial charge in [-0.3, -0.25) is 9.59 Å². The smallest absolute Gasteiger partial charge is 0.252 e. The number of nitrogens with one attached hydrogen (secondary N) is 1. The molecule has 7 heteroatoms. The van der Waals surface area contributed by atoms with Crippen LogP contribution < -0.4 is 5.32 Å². The van der Waals surface area contributed by atoms with Gasteiger partial charge in [-0.15, -0.1) is 11.3 Å². The number of thiophene rings is 1. The van der Waals surface area contributed by atoms with Crippen LogP contribution in [-0.4, -0.2) is 41.3 Å². The van der Waals surface area contributed by atoms with Gasteiger partial charge in [-0.25, -0.2) is 4.98 Å². The van der Waals surface area contributed by atoms with E-state index >= 15 is 0 Å². The van der Waals surface area contributed by atoms with E-state index in [4.69, 9.17) is 4.98 Å². The highest BCUT2D eigenvalue weighted by Crippen LogP contribution is 2.33. The highest BCUT2D eigenvalue weighted by molar-refractivity contribution is 7.18. The van der Waals surface area contributed by atoms with E-state index in [0.29, 0.717) is 24.4 Å². The van der Waals surface area contributed by atoms with Crippen molar-refractivity contribution in [2.45, 2.75) is 25.2 Å². The predicted octanol–water partition coefficient (Wildman–Crippen LogP) is 3.88. The van der Waals surface area contributed by atoms with E-state index in [-0.39, 0.29) is 11.8 Å². The van der Waals surface area contributed by atoms with Gasteiger partial charge in [0.15, 0.2) is 0 Å². The molecule has 0 unspecified atom stereocenters. The van der Waals surface area contributed by atoms with Crippen molar-refractivity contribution in [2.24, 2.45) is 0 Å². The molecular formula is C20H21N3O2S2. The number of hydrogen-bond donors (Lipinski definition) is 1. The molecule has 0 spiro atoms. The van der Waals surface area contributed by atoms with Gasteiger partial charge in [-0.1, -0.05) is 12.1 Å². The molecule has 3 heterocycles. The number of likely N-dealkylation sites (tertiary alicyclic amines) is 1. The van der Waals surface area contributed by atoms with E-state index in [0.717, 1.165) is 36.5 Å². The van der Waals surface area contributed by atoms with Crippen molar-refractivity contribution in [1.29, 1.82) is 0 Å². The molecular weight excluding hydrogens is 378 g/mol. The van der Waals surface area contributed by atoms with Gasteiger partial charge in [0, 0.05) is 42.9 Å². The maximum absolute atomic E-state index is 12.6. The van der Waals surface area contributed by atoms with Crippen molar-refractivity contribution >= 4 is 44.7 Å². The molecule has 0 aliphatic carbocycles. The second-order valence-corrected chi connectivity index (χ2v) is 8.56. The van der Waals surface area contributed by atoms with Crippen LogP contribution >= 0.6 is 22.7 Å². The first kappa shape index (κ1) is 18.1. The molecule has 1 N–H and O–H groups in total. The van der Waals surface area contributed by atoms with Crippen molar-refractivity contribution in [3.05, 3.63) is 51.7 Å². The summed E-state index contributed by atoms with van der Waals surface area (Å²) in [6, 6.07) is 9.96. The predicted molar refractivity (Wildman–Crippen MR) is 109 cm³/mol. The summed E-state index contributed by atoms with van der Waals surface area (Å²) in [6.45, 7) is 1.88. The Hall–Kier alpha value is -2.25. The molecule has 4 rings (SSSR count). The third kappa shape index (κ3) is 4.20. The highest BCUT2D eigenvalue weighted by Gasteiger charge is 2.26. The van der Waals surface area contributed by atoms with Crippen LogP contribution in [0.25, 0.3) is 10.2 Å². The molecule has 1 aromatic carbocycles. The number of piperidine rings is 1. The fraction of sp³-hybridized carbons (Fsp3) is 0.350. The average molecular weight is 400 g/mol. The van der Waals surface area contributed by atoms with E-state index in [1.807, 2.05) is 33.9 Å². The maximum Gasteiger partial charge on any atom is 0.252 e. The van der Waals surface area contributed by atoms with Gasteiger partial charge in [0.05, 0.1) is 15.2 Å². The number of rotatable bonds is 5. The molecule has 0 bridgehead atoms. The lowest BCUT2D eigenvalue weighted by Gasteiger charge is -2.32. The summed E-state index contributed by atoms with van der Waals surface area (Å²) in [5.74, 6) is 0.293. The molecule has 1 atom stereocenters. The minimum absolute atomic E-state index is 0.103. The number of amides is 2. The number of nitrogens with zero attached hydrogens (tertiary/aromatic N) is 2. The second kappa shape index (κ2) is 8.19. The molecule has 1 fully saturated rings. The monoisotopic (exact) mass is 399 g/mol. The summed E-state index contributed by atoms with van der Waals surface area (Å²) >= 11 is 3.22. The summed E-state index contributed by atoms with van der Waals surface area (Å²) in [5.41, 5.74) is 1.69. The topological polar surface area (TPSA) is 62.3 Å². The molecule has 1 aliphatic rings. The Balaban J connectivity index is 1.32. The van der Waals surface area contributed by atoms with Gasteiger partial charge >= 0.3 is 0 Å². The lowest BCUT2D eigenvalue weighted by molar-refractivity contribution is -0.132. The quantitative estimate of drug-likeness (QED) is 0.708. The Kier molecular flexibility index (Phi) is 5.50. The number of para-hydroxylation sites is 1. The van der Waals surface area contributed by atoms with E-state index in [9.17, 15) is 9.59 Å². The number of carbonyl (C=O) groups excluding carboxylic acids is 2. The van der Waals surface area contributed by atoms with Gasteiger partial charge < -0.3 is 10.2 Å². The number of hydrogen-bond acceptors (Lipinski definition) is 5. The molecule has 0 saturated carbocycles. The molecule has 5 nitrogen and oxygen atoms in total. The van der Waals surface area contributed by atoms with E-state index in [1.54, 1.807) is 17.4 Å². The van der Waals surface area contributed by atoms with E-state index in [1.165, 1.54) is 16.0 Å². The molecule has 1 saturated heterocycles. The van der Waals surface area contributed by atoms with Gasteiger partial charge in [-0.2, -0.15) is 11.3 Å². The number of aromatic nitrogens is 1. The number of carbonyl (C=O) groups is 2. The number of thiazole rings is 1. The van der Waals surface area contributed by atoms with Crippen molar-refractivity contribution in [2.75, 3.05) is 19.6 Å². The van der Waals surface area contributed by atoms with Crippen LogP contribution in [0.2, 0.25) is 0 Å². The highest BCUT2D eigenvalue weighted by atomic mass is 32.1. The molecule has 2 amide bonds. The molecule has 27 heavy (non-hydrogen) atoms. The zero-order chi connectivity index (χ0) is 18.6. The van der Waals surface area contributed by atoms with Crippen molar-refractivity contribution in [3.63, 3.8) is 0 Å². The maximum atomic E-state index is 12.6. The SMILES string of the molecule is O=C(NCCC(=O)N1CCC[C@@H](c2nc3ccccc3s2)C1)c1ccsc1. The zero-order valence-electron chi connectivity index (χ0n) is 14.9. The van der Waals surface area contributed by atoms with Crippen molar-refractivity contribution < 1.29 is 9.59 Å². The van der Waals surface area contributed by atoms with E-state index < -0.39 is 0 Å². The number of benzene rings is 1. The zero-order valence-corrected chi connectivity index (χ0v) is 16.5. The van der Waals surface area contributed by atoms with Crippen LogP contribution in [0.5, 0.6) is 0 Å². The van der Waals surface area contributed by atoms with Crippen LogP contribution in [0, 0.1) is 0 Å². The fourth-order valence-electron chi connectivity index (χ4n) is 3.41. The van der Waals surface area contributed by atoms with Gasteiger partial charge in [0.2, 0.25) is 5.91 Å². The molecule has 2 aromatic heterocycles. The van der Waals surface area contributed by atoms with Crippen LogP contribution in [0.15, 0.2) is 41.1 Å². The minimum atomic E-state index is -0.116. The first-order valence-electron chi connectivity index (χ1n) is 9.14. The Morgan fingerprint density at radius 2 is 2.15 bits per heavy atom. The average Bonchev–Trinajstić information content (AvgIpc) is 3.37. The summed E-state index contributed by atoms with van der Waals surface area (Å²) < 4.78 is 1.20. The van der Waals surface area contributed by atoms with Gasteiger partial charge in [0.1, 0.15) is 0 Å². The van der Waals surface area contributed by atoms with Crippen LogP contribution in [0.1, 0.15) is 40.5 Å². The molecule has 3 aromatic rings. The second-order valence-electron chi connectivity index (χ2n) is 6.72. The first-order chi connectivity index (χ1) is 13.2. The van der Waals surface area contributed by atoms with Crippen molar-refractivity contribution in [3.8, 4) is 0 Å². The third-order valence-electron chi connectivity index (χ3n) is 4.84. The Morgan fingerprint density at radius 1 is 1.26 bits per heavy atom. The third-order valence-corrected chi connectivity index (χ3v) is 6.72. The first-order valence-corrected chi connectivity index (χ1v) is 10.9. The largest absolute Gasteiger partial charge is 0.351 e. The van der Waals surface area contributed by atoms with Crippen LogP contribution in [0.3, 0.4) is 0 Å². The summed E-state index contributed by atoms with van der Waals surface area (Å²) in [6.07, 6.45) is 2.40. The van der Waals surface area contributed by atoms with Gasteiger partial charge in [0.25, 0.3) is 5.91 Å². The van der Waals surface area contributed by atoms with Crippen LogP contribution in [0.4, 0.5) is 0 Å².